The quantitative estimate of drug-likeness (QED) is 0.750. The Kier molecular flexibility index (Phi) is 3.97. The molecule has 2 heterocycles. The number of aromatic nitrogens is 2. The van der Waals surface area contributed by atoms with Gasteiger partial charge >= 0.3 is 0 Å². The molecule has 1 saturated carbocycles. The number of aryl methyl sites for hydroxylation is 1. The number of hydrogen-bond acceptors (Lipinski definition) is 5. The summed E-state index contributed by atoms with van der Waals surface area (Å²) in [4.78, 5) is 20.5. The van der Waals surface area contributed by atoms with E-state index in [1.165, 1.54) is 11.3 Å². The fourth-order valence-corrected chi connectivity index (χ4v) is 3.69. The van der Waals surface area contributed by atoms with Crippen LogP contribution >= 0.6 is 11.3 Å². The Balaban J connectivity index is 1.63. The van der Waals surface area contributed by atoms with E-state index >= 15 is 0 Å². The number of anilines is 1. The summed E-state index contributed by atoms with van der Waals surface area (Å²) in [5.41, 5.74) is 4.43. The van der Waals surface area contributed by atoms with E-state index in [0.717, 1.165) is 26.9 Å². The molecular formula is C18H16FN3O2S. The number of alkyl halides is 1. The van der Waals surface area contributed by atoms with E-state index in [2.05, 4.69) is 15.3 Å². The molecule has 1 fully saturated rings. The second-order valence-corrected chi connectivity index (χ2v) is 7.23. The molecule has 1 aromatic carbocycles. The Labute approximate surface area is 147 Å². The smallest absolute Gasteiger partial charge is 0.232 e. The van der Waals surface area contributed by atoms with E-state index in [1.807, 2.05) is 31.2 Å². The van der Waals surface area contributed by atoms with Crippen molar-refractivity contribution in [2.24, 2.45) is 5.92 Å². The first-order valence-electron chi connectivity index (χ1n) is 7.97. The van der Waals surface area contributed by atoms with Crippen molar-refractivity contribution in [1.29, 1.82) is 0 Å². The van der Waals surface area contributed by atoms with E-state index in [1.54, 1.807) is 6.20 Å². The fraction of sp³-hybridized carbons (Fsp3) is 0.278. The zero-order valence-electron chi connectivity index (χ0n) is 13.5. The fourth-order valence-electron chi connectivity index (χ4n) is 2.78. The van der Waals surface area contributed by atoms with Gasteiger partial charge in [0.25, 0.3) is 0 Å². The van der Waals surface area contributed by atoms with Crippen LogP contribution < -0.4 is 5.32 Å². The van der Waals surface area contributed by atoms with E-state index in [9.17, 15) is 14.3 Å². The number of nitrogens with zero attached hydrogens (tertiary/aromatic N) is 2. The van der Waals surface area contributed by atoms with Crippen molar-refractivity contribution in [3.05, 3.63) is 41.7 Å². The molecule has 2 aromatic heterocycles. The molecule has 2 atom stereocenters. The third-order valence-corrected chi connectivity index (χ3v) is 5.24. The van der Waals surface area contributed by atoms with Crippen molar-refractivity contribution in [3.8, 4) is 11.1 Å². The van der Waals surface area contributed by atoms with Gasteiger partial charge in [-0.2, -0.15) is 0 Å². The highest BCUT2D eigenvalue weighted by Crippen LogP contribution is 2.36. The number of rotatable bonds is 4. The highest BCUT2D eigenvalue weighted by Gasteiger charge is 2.43. The molecule has 25 heavy (non-hydrogen) atoms. The summed E-state index contributed by atoms with van der Waals surface area (Å²) in [5.74, 6) is -0.826. The molecular weight excluding hydrogens is 341 g/mol. The average molecular weight is 357 g/mol. The first-order chi connectivity index (χ1) is 12.0. The zero-order chi connectivity index (χ0) is 17.6. The summed E-state index contributed by atoms with van der Waals surface area (Å²) in [6.07, 6.45) is 1.04. The van der Waals surface area contributed by atoms with Crippen LogP contribution in [0.5, 0.6) is 0 Å². The molecule has 2 N–H and O–H groups in total. The lowest BCUT2D eigenvalue weighted by Crippen LogP contribution is -2.14. The second-order valence-electron chi connectivity index (χ2n) is 6.20. The SMILES string of the molecule is Cc1cc(CO)ncc1-c1ccc2nc(NC(=O)[C@@H]3C[C@@H]3F)sc2c1. The van der Waals surface area contributed by atoms with Gasteiger partial charge in [0.1, 0.15) is 6.17 Å². The standard InChI is InChI=1S/C18H16FN3O2S/c1-9-4-11(8-23)20-7-13(9)10-2-3-15-16(5-10)25-18(21-15)22-17(24)12-6-14(12)19/h2-5,7,12,14,23H,6,8H2,1H3,(H,21,22,24)/t12-,14+/m1/s1. The molecule has 0 bridgehead atoms. The lowest BCUT2D eigenvalue weighted by Gasteiger charge is -2.07. The summed E-state index contributed by atoms with van der Waals surface area (Å²) in [6, 6.07) is 7.71. The van der Waals surface area contributed by atoms with Gasteiger partial charge in [-0.15, -0.1) is 0 Å². The molecule has 0 spiro atoms. The van der Waals surface area contributed by atoms with Gasteiger partial charge < -0.3 is 10.4 Å². The maximum atomic E-state index is 13.0. The number of thiazole rings is 1. The number of carbonyl (C=O) groups excluding carboxylic acids is 1. The largest absolute Gasteiger partial charge is 0.390 e. The lowest BCUT2D eigenvalue weighted by molar-refractivity contribution is -0.117. The molecule has 5 nitrogen and oxygen atoms in total. The van der Waals surface area contributed by atoms with Gasteiger partial charge in [-0.05, 0) is 42.7 Å². The van der Waals surface area contributed by atoms with Gasteiger partial charge in [-0.25, -0.2) is 9.37 Å². The van der Waals surface area contributed by atoms with Gasteiger partial charge in [0.15, 0.2) is 5.13 Å². The van der Waals surface area contributed by atoms with Gasteiger partial charge in [-0.3, -0.25) is 9.78 Å². The average Bonchev–Trinajstić information content (AvgIpc) is 3.20. The minimum Gasteiger partial charge on any atom is -0.390 e. The Morgan fingerprint density at radius 3 is 2.92 bits per heavy atom. The third kappa shape index (κ3) is 3.12. The lowest BCUT2D eigenvalue weighted by atomic mass is 10.0. The molecule has 3 aromatic rings. The summed E-state index contributed by atoms with van der Waals surface area (Å²) in [6.45, 7) is 1.89. The predicted octanol–water partition coefficient (Wildman–Crippen LogP) is 3.46. The number of nitrogens with one attached hydrogen (secondary N) is 1. The van der Waals surface area contributed by atoms with Gasteiger partial charge in [0, 0.05) is 11.8 Å². The third-order valence-electron chi connectivity index (χ3n) is 4.31. The van der Waals surface area contributed by atoms with Crippen LogP contribution in [0, 0.1) is 12.8 Å². The molecule has 1 aliphatic rings. The van der Waals surface area contributed by atoms with Gasteiger partial charge in [0.05, 0.1) is 28.4 Å². The maximum Gasteiger partial charge on any atom is 0.232 e. The minimum atomic E-state index is -1.02. The number of hydrogen-bond donors (Lipinski definition) is 2. The zero-order valence-corrected chi connectivity index (χ0v) is 14.3. The Bertz CT molecular complexity index is 972. The number of benzene rings is 1. The minimum absolute atomic E-state index is 0.0845. The number of fused-ring (bicyclic) bond motifs is 1. The summed E-state index contributed by atoms with van der Waals surface area (Å²) < 4.78 is 13.9. The molecule has 0 radical (unpaired) electrons. The molecule has 7 heteroatoms. The summed E-state index contributed by atoms with van der Waals surface area (Å²) in [5, 5.41) is 12.4. The second kappa shape index (κ2) is 6.16. The van der Waals surface area contributed by atoms with Crippen molar-refractivity contribution in [1.82, 2.24) is 9.97 Å². The van der Waals surface area contributed by atoms with Crippen molar-refractivity contribution in [2.45, 2.75) is 26.1 Å². The number of aliphatic hydroxyl groups excluding tert-OH is 1. The first kappa shape index (κ1) is 16.1. The van der Waals surface area contributed by atoms with Crippen LogP contribution in [0.3, 0.4) is 0 Å². The molecule has 1 aliphatic carbocycles. The van der Waals surface area contributed by atoms with Crippen LogP contribution in [0.25, 0.3) is 21.3 Å². The van der Waals surface area contributed by atoms with Crippen molar-refractivity contribution in [3.63, 3.8) is 0 Å². The maximum absolute atomic E-state index is 13.0. The first-order valence-corrected chi connectivity index (χ1v) is 8.79. The Morgan fingerprint density at radius 2 is 2.24 bits per heavy atom. The number of aliphatic hydroxyl groups is 1. The normalized spacial score (nSPS) is 19.2. The molecule has 128 valence electrons. The molecule has 0 unspecified atom stereocenters. The van der Waals surface area contributed by atoms with Crippen LogP contribution in [0.15, 0.2) is 30.5 Å². The van der Waals surface area contributed by atoms with Crippen molar-refractivity contribution in [2.75, 3.05) is 5.32 Å². The monoisotopic (exact) mass is 357 g/mol. The molecule has 0 aliphatic heterocycles. The van der Waals surface area contributed by atoms with Gasteiger partial charge in [-0.1, -0.05) is 17.4 Å². The highest BCUT2D eigenvalue weighted by atomic mass is 32.1. The van der Waals surface area contributed by atoms with E-state index < -0.39 is 12.1 Å². The topological polar surface area (TPSA) is 75.1 Å². The molecule has 0 saturated heterocycles. The van der Waals surface area contributed by atoms with Gasteiger partial charge in [0.2, 0.25) is 5.91 Å². The summed E-state index contributed by atoms with van der Waals surface area (Å²) >= 11 is 1.37. The molecule has 4 rings (SSSR count). The Hall–Kier alpha value is -2.38. The molecule has 1 amide bonds. The van der Waals surface area contributed by atoms with Crippen LogP contribution in [-0.4, -0.2) is 27.2 Å². The predicted molar refractivity (Wildman–Crippen MR) is 95.1 cm³/mol. The van der Waals surface area contributed by atoms with Crippen molar-refractivity contribution < 1.29 is 14.3 Å². The van der Waals surface area contributed by atoms with Crippen LogP contribution in [0.4, 0.5) is 9.52 Å². The summed E-state index contributed by atoms with van der Waals surface area (Å²) in [7, 11) is 0. The number of amides is 1. The van der Waals surface area contributed by atoms with Crippen molar-refractivity contribution >= 4 is 32.6 Å². The van der Waals surface area contributed by atoms with E-state index in [0.29, 0.717) is 17.2 Å². The number of carbonyl (C=O) groups is 1. The van der Waals surface area contributed by atoms with Crippen LogP contribution in [0.1, 0.15) is 17.7 Å². The van der Waals surface area contributed by atoms with E-state index in [-0.39, 0.29) is 12.5 Å². The van der Waals surface area contributed by atoms with E-state index in [4.69, 9.17) is 0 Å². The van der Waals surface area contributed by atoms with Crippen LogP contribution in [0.2, 0.25) is 0 Å². The highest BCUT2D eigenvalue weighted by molar-refractivity contribution is 7.22. The number of halogens is 1. The Morgan fingerprint density at radius 1 is 1.44 bits per heavy atom. The van der Waals surface area contributed by atoms with Crippen LogP contribution in [-0.2, 0) is 11.4 Å². The number of pyridine rings is 1.